The predicted molar refractivity (Wildman–Crippen MR) is 86.0 cm³/mol. The SMILES string of the molecule is CCCCCCCOc1nc(NCCC)cn2ccnc12. The fourth-order valence-electron chi connectivity index (χ4n) is 2.21. The van der Waals surface area contributed by atoms with Crippen molar-refractivity contribution in [3.05, 3.63) is 18.6 Å². The Morgan fingerprint density at radius 1 is 1.14 bits per heavy atom. The summed E-state index contributed by atoms with van der Waals surface area (Å²) in [6, 6.07) is 0. The van der Waals surface area contributed by atoms with Gasteiger partial charge in [0.25, 0.3) is 5.88 Å². The zero-order valence-corrected chi connectivity index (χ0v) is 13.1. The minimum atomic E-state index is 0.622. The lowest BCUT2D eigenvalue weighted by Gasteiger charge is -2.10. The van der Waals surface area contributed by atoms with Gasteiger partial charge in [-0.15, -0.1) is 0 Å². The Hall–Kier alpha value is -1.78. The molecule has 2 aromatic rings. The summed E-state index contributed by atoms with van der Waals surface area (Å²) >= 11 is 0. The molecule has 0 spiro atoms. The first-order chi connectivity index (χ1) is 10.3. The summed E-state index contributed by atoms with van der Waals surface area (Å²) in [5.74, 6) is 1.46. The van der Waals surface area contributed by atoms with Crippen molar-refractivity contribution in [1.29, 1.82) is 0 Å². The number of nitrogens with zero attached hydrogens (tertiary/aromatic N) is 3. The van der Waals surface area contributed by atoms with Gasteiger partial charge >= 0.3 is 0 Å². The Balaban J connectivity index is 1.95. The van der Waals surface area contributed by atoms with Crippen molar-refractivity contribution in [3.63, 3.8) is 0 Å². The van der Waals surface area contributed by atoms with Crippen LogP contribution >= 0.6 is 0 Å². The highest BCUT2D eigenvalue weighted by Gasteiger charge is 2.08. The molecule has 0 unspecified atom stereocenters. The van der Waals surface area contributed by atoms with Crippen LogP contribution in [-0.4, -0.2) is 27.5 Å². The van der Waals surface area contributed by atoms with Gasteiger partial charge in [-0.2, -0.15) is 4.98 Å². The molecule has 0 saturated carbocycles. The van der Waals surface area contributed by atoms with Gasteiger partial charge in [-0.3, -0.25) is 4.40 Å². The van der Waals surface area contributed by atoms with E-state index in [1.807, 2.05) is 16.8 Å². The van der Waals surface area contributed by atoms with Crippen molar-refractivity contribution >= 4 is 11.5 Å². The van der Waals surface area contributed by atoms with E-state index in [1.54, 1.807) is 6.20 Å². The van der Waals surface area contributed by atoms with Gasteiger partial charge in [0.1, 0.15) is 5.82 Å². The first kappa shape index (κ1) is 15.6. The van der Waals surface area contributed by atoms with Crippen molar-refractivity contribution in [2.75, 3.05) is 18.5 Å². The molecular formula is C16H26N4O. The third kappa shape index (κ3) is 4.62. The van der Waals surface area contributed by atoms with Crippen LogP contribution in [0.15, 0.2) is 18.6 Å². The van der Waals surface area contributed by atoms with Crippen LogP contribution in [0.5, 0.6) is 5.88 Å². The number of nitrogens with one attached hydrogen (secondary N) is 1. The van der Waals surface area contributed by atoms with Crippen LogP contribution in [0.25, 0.3) is 5.65 Å². The first-order valence-electron chi connectivity index (χ1n) is 8.05. The number of rotatable bonds is 10. The molecule has 0 aliphatic heterocycles. The third-order valence-electron chi connectivity index (χ3n) is 3.39. The molecule has 0 bridgehead atoms. The molecule has 2 heterocycles. The van der Waals surface area contributed by atoms with Gasteiger partial charge < -0.3 is 10.1 Å². The van der Waals surface area contributed by atoms with E-state index in [9.17, 15) is 0 Å². The van der Waals surface area contributed by atoms with Gasteiger partial charge in [0.2, 0.25) is 5.65 Å². The summed E-state index contributed by atoms with van der Waals surface area (Å²) in [5, 5.41) is 3.30. The van der Waals surface area contributed by atoms with Gasteiger partial charge in [-0.1, -0.05) is 39.5 Å². The number of unbranched alkanes of at least 4 members (excludes halogenated alkanes) is 4. The second-order valence-corrected chi connectivity index (χ2v) is 5.28. The van der Waals surface area contributed by atoms with Gasteiger partial charge in [0.15, 0.2) is 0 Å². The van der Waals surface area contributed by atoms with Crippen LogP contribution in [0.1, 0.15) is 52.4 Å². The second-order valence-electron chi connectivity index (χ2n) is 5.28. The van der Waals surface area contributed by atoms with E-state index < -0.39 is 0 Å². The van der Waals surface area contributed by atoms with E-state index in [0.29, 0.717) is 12.5 Å². The van der Waals surface area contributed by atoms with E-state index in [0.717, 1.165) is 30.9 Å². The standard InChI is InChI=1S/C16H26N4O/c1-3-5-6-7-8-12-21-16-15-18-10-11-20(15)13-14(19-16)17-9-4-2/h10-11,13,17H,3-9,12H2,1-2H3. The predicted octanol–water partition coefficient (Wildman–Crippen LogP) is 3.90. The molecule has 0 aromatic carbocycles. The molecule has 2 rings (SSSR count). The van der Waals surface area contributed by atoms with E-state index in [4.69, 9.17) is 4.74 Å². The topological polar surface area (TPSA) is 51.5 Å². The lowest BCUT2D eigenvalue weighted by atomic mass is 10.2. The number of ether oxygens (including phenoxy) is 1. The number of anilines is 1. The molecule has 0 saturated heterocycles. The Morgan fingerprint density at radius 3 is 2.81 bits per heavy atom. The lowest BCUT2D eigenvalue weighted by molar-refractivity contribution is 0.295. The van der Waals surface area contributed by atoms with Gasteiger partial charge in [0, 0.05) is 18.9 Å². The molecular weight excluding hydrogens is 264 g/mol. The van der Waals surface area contributed by atoms with Crippen molar-refractivity contribution in [1.82, 2.24) is 14.4 Å². The normalized spacial score (nSPS) is 11.0. The molecule has 0 radical (unpaired) electrons. The Labute approximate surface area is 126 Å². The van der Waals surface area contributed by atoms with Gasteiger partial charge in [0.05, 0.1) is 12.8 Å². The van der Waals surface area contributed by atoms with Crippen LogP contribution in [0.2, 0.25) is 0 Å². The van der Waals surface area contributed by atoms with Gasteiger partial charge in [-0.25, -0.2) is 4.98 Å². The van der Waals surface area contributed by atoms with Crippen LogP contribution in [0, 0.1) is 0 Å². The van der Waals surface area contributed by atoms with Crippen LogP contribution in [-0.2, 0) is 0 Å². The number of hydrogen-bond acceptors (Lipinski definition) is 4. The minimum Gasteiger partial charge on any atom is -0.475 e. The van der Waals surface area contributed by atoms with E-state index in [2.05, 4.69) is 29.1 Å². The molecule has 116 valence electrons. The highest BCUT2D eigenvalue weighted by atomic mass is 16.5. The zero-order chi connectivity index (χ0) is 14.9. The molecule has 0 amide bonds. The Bertz CT molecular complexity index is 538. The van der Waals surface area contributed by atoms with E-state index in [1.165, 1.54) is 25.7 Å². The summed E-state index contributed by atoms with van der Waals surface area (Å²) in [6.07, 6.45) is 12.8. The van der Waals surface area contributed by atoms with E-state index in [-0.39, 0.29) is 0 Å². The average molecular weight is 290 g/mol. The molecule has 5 nitrogen and oxygen atoms in total. The molecule has 0 fully saturated rings. The lowest BCUT2D eigenvalue weighted by Crippen LogP contribution is -2.07. The van der Waals surface area contributed by atoms with Crippen molar-refractivity contribution < 1.29 is 4.74 Å². The average Bonchev–Trinajstić information content (AvgIpc) is 2.97. The summed E-state index contributed by atoms with van der Waals surface area (Å²) in [7, 11) is 0. The molecule has 21 heavy (non-hydrogen) atoms. The third-order valence-corrected chi connectivity index (χ3v) is 3.39. The maximum Gasteiger partial charge on any atom is 0.260 e. The monoisotopic (exact) mass is 290 g/mol. The molecule has 5 heteroatoms. The number of aromatic nitrogens is 3. The zero-order valence-electron chi connectivity index (χ0n) is 13.1. The fraction of sp³-hybridized carbons (Fsp3) is 0.625. The molecule has 0 aliphatic rings. The van der Waals surface area contributed by atoms with Crippen LogP contribution < -0.4 is 10.1 Å². The smallest absolute Gasteiger partial charge is 0.260 e. The van der Waals surface area contributed by atoms with Crippen molar-refractivity contribution in [2.45, 2.75) is 52.4 Å². The fourth-order valence-corrected chi connectivity index (χ4v) is 2.21. The summed E-state index contributed by atoms with van der Waals surface area (Å²) in [6.45, 7) is 5.97. The largest absolute Gasteiger partial charge is 0.475 e. The van der Waals surface area contributed by atoms with E-state index >= 15 is 0 Å². The Morgan fingerprint density at radius 2 is 2.00 bits per heavy atom. The number of fused-ring (bicyclic) bond motifs is 1. The van der Waals surface area contributed by atoms with Gasteiger partial charge in [-0.05, 0) is 12.8 Å². The highest BCUT2D eigenvalue weighted by Crippen LogP contribution is 2.19. The maximum atomic E-state index is 5.84. The molecule has 0 atom stereocenters. The quantitative estimate of drug-likeness (QED) is 0.674. The van der Waals surface area contributed by atoms with Crippen molar-refractivity contribution in [2.24, 2.45) is 0 Å². The highest BCUT2D eigenvalue weighted by molar-refractivity contribution is 5.53. The molecule has 2 aromatic heterocycles. The molecule has 0 aliphatic carbocycles. The molecule has 1 N–H and O–H groups in total. The Kier molecular flexibility index (Phi) is 6.31. The number of imidazole rings is 1. The summed E-state index contributed by atoms with van der Waals surface area (Å²) in [4.78, 5) is 8.84. The van der Waals surface area contributed by atoms with Crippen molar-refractivity contribution in [3.8, 4) is 5.88 Å². The first-order valence-corrected chi connectivity index (χ1v) is 8.05. The van der Waals surface area contributed by atoms with Crippen LogP contribution in [0.4, 0.5) is 5.82 Å². The summed E-state index contributed by atoms with van der Waals surface area (Å²) in [5.41, 5.74) is 0.783. The summed E-state index contributed by atoms with van der Waals surface area (Å²) < 4.78 is 7.80. The maximum absolute atomic E-state index is 5.84. The number of hydrogen-bond donors (Lipinski definition) is 1. The second kappa shape index (κ2) is 8.49. The van der Waals surface area contributed by atoms with Crippen LogP contribution in [0.3, 0.4) is 0 Å². The minimum absolute atomic E-state index is 0.622.